The zero-order chi connectivity index (χ0) is 22.1. The number of carbonyl (C=O) groups excluding carboxylic acids is 3. The molecule has 1 unspecified atom stereocenters. The molecular weight excluding hydrogens is 394 g/mol. The number of nitrogens with zero attached hydrogens (tertiary/aromatic N) is 1. The van der Waals surface area contributed by atoms with Crippen LogP contribution < -0.4 is 10.6 Å². The van der Waals surface area contributed by atoms with Gasteiger partial charge in [0.25, 0.3) is 11.8 Å². The van der Waals surface area contributed by atoms with Gasteiger partial charge in [-0.2, -0.15) is 0 Å². The first-order valence-electron chi connectivity index (χ1n) is 10.6. The number of carbonyl (C=O) groups is 3. The van der Waals surface area contributed by atoms with E-state index in [-0.39, 0.29) is 23.6 Å². The summed E-state index contributed by atoms with van der Waals surface area (Å²) in [6.07, 6.45) is 2.32. The van der Waals surface area contributed by atoms with E-state index in [4.69, 9.17) is 4.74 Å². The van der Waals surface area contributed by atoms with Crippen molar-refractivity contribution in [1.82, 2.24) is 10.2 Å². The van der Waals surface area contributed by atoms with Crippen LogP contribution in [-0.4, -0.2) is 56.0 Å². The summed E-state index contributed by atoms with van der Waals surface area (Å²) in [6.45, 7) is 2.19. The summed E-state index contributed by atoms with van der Waals surface area (Å²) in [5, 5.41) is 5.76. The smallest absolute Gasteiger partial charge is 0.255 e. The molecule has 7 heteroatoms. The average molecular weight is 424 g/mol. The van der Waals surface area contributed by atoms with Crippen LogP contribution in [0, 0.1) is 5.92 Å². The molecule has 1 aliphatic heterocycles. The van der Waals surface area contributed by atoms with E-state index in [0.29, 0.717) is 43.1 Å². The third-order valence-corrected chi connectivity index (χ3v) is 5.31. The number of methoxy groups -OCH3 is 1. The van der Waals surface area contributed by atoms with Crippen LogP contribution in [0.15, 0.2) is 54.6 Å². The van der Waals surface area contributed by atoms with Gasteiger partial charge in [0.05, 0.1) is 5.92 Å². The Morgan fingerprint density at radius 2 is 1.84 bits per heavy atom. The van der Waals surface area contributed by atoms with E-state index >= 15 is 0 Å². The molecule has 3 rings (SSSR count). The highest BCUT2D eigenvalue weighted by molar-refractivity contribution is 6.05. The van der Waals surface area contributed by atoms with E-state index in [1.165, 1.54) is 0 Å². The highest BCUT2D eigenvalue weighted by Crippen LogP contribution is 2.20. The normalized spacial score (nSPS) is 15.9. The van der Waals surface area contributed by atoms with Crippen LogP contribution in [0.25, 0.3) is 0 Å². The number of hydrogen-bond acceptors (Lipinski definition) is 4. The van der Waals surface area contributed by atoms with Gasteiger partial charge >= 0.3 is 0 Å². The minimum atomic E-state index is -0.228. The first-order chi connectivity index (χ1) is 15.1. The number of hydrogen-bond donors (Lipinski definition) is 2. The third kappa shape index (κ3) is 6.39. The van der Waals surface area contributed by atoms with Crippen molar-refractivity contribution in [3.63, 3.8) is 0 Å². The lowest BCUT2D eigenvalue weighted by Crippen LogP contribution is -2.45. The maximum atomic E-state index is 13.0. The molecule has 2 aromatic rings. The number of anilines is 1. The molecule has 1 aliphatic rings. The van der Waals surface area contributed by atoms with Crippen LogP contribution in [0.1, 0.15) is 40.0 Å². The highest BCUT2D eigenvalue weighted by Gasteiger charge is 2.28. The number of amides is 3. The predicted octanol–water partition coefficient (Wildman–Crippen LogP) is 2.94. The van der Waals surface area contributed by atoms with Gasteiger partial charge in [-0.15, -0.1) is 0 Å². The van der Waals surface area contributed by atoms with E-state index in [9.17, 15) is 14.4 Å². The lowest BCUT2D eigenvalue weighted by molar-refractivity contribution is -0.126. The van der Waals surface area contributed by atoms with Crippen LogP contribution in [0.2, 0.25) is 0 Å². The number of piperidine rings is 1. The monoisotopic (exact) mass is 423 g/mol. The van der Waals surface area contributed by atoms with Gasteiger partial charge in [0, 0.05) is 50.2 Å². The molecule has 2 aromatic carbocycles. The predicted molar refractivity (Wildman–Crippen MR) is 119 cm³/mol. The van der Waals surface area contributed by atoms with Crippen molar-refractivity contribution in [1.29, 1.82) is 0 Å². The fraction of sp³-hybridized carbons (Fsp3) is 0.375. The van der Waals surface area contributed by atoms with E-state index in [1.54, 1.807) is 60.5 Å². The molecule has 0 aromatic heterocycles. The fourth-order valence-corrected chi connectivity index (χ4v) is 3.65. The second kappa shape index (κ2) is 11.3. The molecule has 1 saturated heterocycles. The molecule has 0 saturated carbocycles. The van der Waals surface area contributed by atoms with Crippen molar-refractivity contribution < 1.29 is 19.1 Å². The zero-order valence-electron chi connectivity index (χ0n) is 17.8. The summed E-state index contributed by atoms with van der Waals surface area (Å²) >= 11 is 0. The summed E-state index contributed by atoms with van der Waals surface area (Å²) in [7, 11) is 1.63. The Bertz CT molecular complexity index is 901. The van der Waals surface area contributed by atoms with Crippen molar-refractivity contribution >= 4 is 23.4 Å². The van der Waals surface area contributed by atoms with E-state index in [1.807, 2.05) is 6.07 Å². The van der Waals surface area contributed by atoms with Crippen molar-refractivity contribution in [3.05, 3.63) is 65.7 Å². The highest BCUT2D eigenvalue weighted by atomic mass is 16.5. The molecule has 0 spiro atoms. The second-order valence-corrected chi connectivity index (χ2v) is 7.63. The van der Waals surface area contributed by atoms with Crippen molar-refractivity contribution in [3.8, 4) is 0 Å². The van der Waals surface area contributed by atoms with Crippen molar-refractivity contribution in [2.24, 2.45) is 5.92 Å². The van der Waals surface area contributed by atoms with E-state index in [0.717, 1.165) is 19.3 Å². The first-order valence-corrected chi connectivity index (χ1v) is 10.6. The summed E-state index contributed by atoms with van der Waals surface area (Å²) in [4.78, 5) is 39.6. The Hall–Kier alpha value is -3.19. The van der Waals surface area contributed by atoms with Crippen molar-refractivity contribution in [2.45, 2.75) is 19.3 Å². The average Bonchev–Trinajstić information content (AvgIpc) is 2.82. The Morgan fingerprint density at radius 3 is 2.61 bits per heavy atom. The van der Waals surface area contributed by atoms with E-state index in [2.05, 4.69) is 10.6 Å². The summed E-state index contributed by atoms with van der Waals surface area (Å²) in [5.41, 5.74) is 1.60. The van der Waals surface area contributed by atoms with Gasteiger partial charge in [0.1, 0.15) is 0 Å². The van der Waals surface area contributed by atoms with Gasteiger partial charge in [-0.3, -0.25) is 14.4 Å². The first kappa shape index (κ1) is 22.5. The maximum absolute atomic E-state index is 13.0. The van der Waals surface area contributed by atoms with Gasteiger partial charge in [0.15, 0.2) is 0 Å². The quantitative estimate of drug-likeness (QED) is 0.639. The van der Waals surface area contributed by atoms with Crippen LogP contribution in [0.5, 0.6) is 0 Å². The summed E-state index contributed by atoms with van der Waals surface area (Å²) in [6, 6.07) is 15.8. The van der Waals surface area contributed by atoms with Crippen LogP contribution in [0.4, 0.5) is 5.69 Å². The Labute approximate surface area is 182 Å². The number of benzene rings is 2. The number of nitrogens with one attached hydrogen (secondary N) is 2. The minimum Gasteiger partial charge on any atom is -0.385 e. The van der Waals surface area contributed by atoms with Gasteiger partial charge in [-0.25, -0.2) is 0 Å². The molecule has 2 N–H and O–H groups in total. The molecule has 1 heterocycles. The Kier molecular flexibility index (Phi) is 8.18. The standard InChI is InChI=1S/C24H29N3O4/c1-31-15-7-13-25-22(28)20-11-6-14-27(17-20)24(30)19-10-5-12-21(16-19)26-23(29)18-8-3-2-4-9-18/h2-5,8-10,12,16,20H,6-7,11,13-15,17H2,1H3,(H,25,28)(H,26,29). The van der Waals surface area contributed by atoms with Gasteiger partial charge in [-0.05, 0) is 49.6 Å². The topological polar surface area (TPSA) is 87.7 Å². The second-order valence-electron chi connectivity index (χ2n) is 7.63. The Balaban J connectivity index is 1.59. The SMILES string of the molecule is COCCCNC(=O)C1CCCN(C(=O)c2cccc(NC(=O)c3ccccc3)c2)C1. The maximum Gasteiger partial charge on any atom is 0.255 e. The molecule has 7 nitrogen and oxygen atoms in total. The number of likely N-dealkylation sites (tertiary alicyclic amines) is 1. The third-order valence-electron chi connectivity index (χ3n) is 5.31. The van der Waals surface area contributed by atoms with Gasteiger partial charge in [0.2, 0.25) is 5.91 Å². The van der Waals surface area contributed by atoms with Gasteiger partial charge in [-0.1, -0.05) is 24.3 Å². The van der Waals surface area contributed by atoms with Crippen LogP contribution in [-0.2, 0) is 9.53 Å². The minimum absolute atomic E-state index is 0.0162. The molecular formula is C24H29N3O4. The van der Waals surface area contributed by atoms with Crippen LogP contribution >= 0.6 is 0 Å². The largest absolute Gasteiger partial charge is 0.385 e. The van der Waals surface area contributed by atoms with E-state index < -0.39 is 0 Å². The molecule has 1 fully saturated rings. The molecule has 1 atom stereocenters. The lowest BCUT2D eigenvalue weighted by Gasteiger charge is -2.32. The van der Waals surface area contributed by atoms with Crippen molar-refractivity contribution in [2.75, 3.05) is 38.7 Å². The fourth-order valence-electron chi connectivity index (χ4n) is 3.65. The number of rotatable bonds is 8. The molecule has 0 bridgehead atoms. The molecule has 164 valence electrons. The Morgan fingerprint density at radius 1 is 1.06 bits per heavy atom. The van der Waals surface area contributed by atoms with Gasteiger partial charge < -0.3 is 20.3 Å². The zero-order valence-corrected chi connectivity index (χ0v) is 17.8. The molecule has 0 aliphatic carbocycles. The number of ether oxygens (including phenoxy) is 1. The van der Waals surface area contributed by atoms with Crippen LogP contribution in [0.3, 0.4) is 0 Å². The lowest BCUT2D eigenvalue weighted by atomic mass is 9.96. The molecule has 0 radical (unpaired) electrons. The molecule has 31 heavy (non-hydrogen) atoms. The summed E-state index contributed by atoms with van der Waals surface area (Å²) in [5.74, 6) is -0.584. The summed E-state index contributed by atoms with van der Waals surface area (Å²) < 4.78 is 4.99. The molecule has 3 amide bonds.